The molecule has 0 bridgehead atoms. The van der Waals surface area contributed by atoms with E-state index in [-0.39, 0.29) is 10.6 Å². The highest BCUT2D eigenvalue weighted by molar-refractivity contribution is 5.63. The Bertz CT molecular complexity index is 1100. The average Bonchev–Trinajstić information content (AvgIpc) is 3.18. The number of fused-ring (bicyclic) bond motifs is 1. The number of nitro benzene ring substituents is 1. The summed E-state index contributed by atoms with van der Waals surface area (Å²) in [5, 5.41) is 11.3. The number of aromatic nitrogens is 5. The van der Waals surface area contributed by atoms with Crippen molar-refractivity contribution in [2.45, 2.75) is 13.8 Å². The lowest BCUT2D eigenvalue weighted by atomic mass is 10.1. The highest BCUT2D eigenvalue weighted by Crippen LogP contribution is 2.28. The van der Waals surface area contributed by atoms with Crippen molar-refractivity contribution in [2.24, 2.45) is 0 Å². The summed E-state index contributed by atoms with van der Waals surface area (Å²) in [5.74, 6) is 0. The molecule has 8 heteroatoms. The van der Waals surface area contributed by atoms with E-state index in [0.29, 0.717) is 5.56 Å². The number of hydrogen-bond donors (Lipinski definition) is 0. The standard InChI is InChI=1S/C17H14N6O2/c1-11-5-12(2)15(23(24)25)6-14(11)21-4-3-17-20-9-16(22(17)21)13-7-18-10-19-8-13/h3-10H,1-2H3. The lowest BCUT2D eigenvalue weighted by molar-refractivity contribution is -0.385. The first kappa shape index (κ1) is 15.0. The second kappa shape index (κ2) is 5.52. The smallest absolute Gasteiger partial charge is 0.258 e. The summed E-state index contributed by atoms with van der Waals surface area (Å²) < 4.78 is 3.74. The Kier molecular flexibility index (Phi) is 3.31. The molecule has 8 nitrogen and oxygen atoms in total. The minimum absolute atomic E-state index is 0.0900. The quantitative estimate of drug-likeness (QED) is 0.424. The Labute approximate surface area is 142 Å². The molecular formula is C17H14N6O2. The Morgan fingerprint density at radius 1 is 1.08 bits per heavy atom. The van der Waals surface area contributed by atoms with Crippen LogP contribution in [0.15, 0.2) is 49.3 Å². The summed E-state index contributed by atoms with van der Waals surface area (Å²) in [6.07, 6.45) is 8.46. The summed E-state index contributed by atoms with van der Waals surface area (Å²) in [6, 6.07) is 5.27. The molecule has 0 amide bonds. The zero-order valence-electron chi connectivity index (χ0n) is 13.6. The van der Waals surface area contributed by atoms with Crippen molar-refractivity contribution in [2.75, 3.05) is 0 Å². The fourth-order valence-corrected chi connectivity index (χ4v) is 2.99. The number of rotatable bonds is 3. The molecule has 0 aliphatic carbocycles. The van der Waals surface area contributed by atoms with Crippen LogP contribution in [0, 0.1) is 24.0 Å². The zero-order valence-corrected chi connectivity index (χ0v) is 13.6. The molecule has 0 aliphatic heterocycles. The van der Waals surface area contributed by atoms with Crippen LogP contribution >= 0.6 is 0 Å². The van der Waals surface area contributed by atoms with Crippen LogP contribution in [0.4, 0.5) is 5.69 Å². The summed E-state index contributed by atoms with van der Waals surface area (Å²) in [5.41, 5.74) is 4.75. The van der Waals surface area contributed by atoms with Crippen LogP contribution in [0.5, 0.6) is 0 Å². The molecule has 0 fully saturated rings. The number of hydrogen-bond acceptors (Lipinski definition) is 5. The van der Waals surface area contributed by atoms with E-state index in [2.05, 4.69) is 15.0 Å². The van der Waals surface area contributed by atoms with E-state index in [1.807, 2.05) is 34.5 Å². The van der Waals surface area contributed by atoms with Gasteiger partial charge in [-0.1, -0.05) is 0 Å². The first-order valence-corrected chi connectivity index (χ1v) is 7.63. The van der Waals surface area contributed by atoms with E-state index in [4.69, 9.17) is 0 Å². The maximum atomic E-state index is 11.3. The number of imidazole rings is 1. The van der Waals surface area contributed by atoms with Crippen molar-refractivity contribution in [3.8, 4) is 16.9 Å². The molecule has 0 unspecified atom stereocenters. The molecule has 0 radical (unpaired) electrons. The minimum atomic E-state index is -0.362. The van der Waals surface area contributed by atoms with Gasteiger partial charge in [-0.05, 0) is 25.5 Å². The number of benzene rings is 1. The second-order valence-electron chi connectivity index (χ2n) is 5.78. The fourth-order valence-electron chi connectivity index (χ4n) is 2.99. The van der Waals surface area contributed by atoms with Crippen molar-refractivity contribution in [1.82, 2.24) is 24.1 Å². The van der Waals surface area contributed by atoms with Crippen molar-refractivity contribution < 1.29 is 4.92 Å². The van der Waals surface area contributed by atoms with Crippen LogP contribution < -0.4 is 0 Å². The number of aryl methyl sites for hydroxylation is 2. The van der Waals surface area contributed by atoms with Crippen LogP contribution in [0.1, 0.15) is 11.1 Å². The molecule has 0 atom stereocenters. The maximum absolute atomic E-state index is 11.3. The predicted octanol–water partition coefficient (Wildman–Crippen LogP) is 3.11. The summed E-state index contributed by atoms with van der Waals surface area (Å²) in [6.45, 7) is 3.67. The van der Waals surface area contributed by atoms with Crippen molar-refractivity contribution in [3.05, 3.63) is 70.6 Å². The van der Waals surface area contributed by atoms with Gasteiger partial charge in [0.1, 0.15) is 6.33 Å². The van der Waals surface area contributed by atoms with Crippen molar-refractivity contribution >= 4 is 11.3 Å². The van der Waals surface area contributed by atoms with Gasteiger partial charge in [-0.15, -0.1) is 0 Å². The lowest BCUT2D eigenvalue weighted by Gasteiger charge is -2.12. The third-order valence-electron chi connectivity index (χ3n) is 4.16. The zero-order chi connectivity index (χ0) is 17.6. The van der Waals surface area contributed by atoms with Crippen LogP contribution in [-0.2, 0) is 0 Å². The topological polar surface area (TPSA) is 91.1 Å². The van der Waals surface area contributed by atoms with E-state index in [0.717, 1.165) is 28.2 Å². The molecule has 0 spiro atoms. The maximum Gasteiger partial charge on any atom is 0.274 e. The van der Waals surface area contributed by atoms with Gasteiger partial charge in [-0.25, -0.2) is 19.5 Å². The van der Waals surface area contributed by atoms with Gasteiger partial charge in [0.15, 0.2) is 5.65 Å². The van der Waals surface area contributed by atoms with E-state index in [9.17, 15) is 10.1 Å². The van der Waals surface area contributed by atoms with Gasteiger partial charge in [-0.2, -0.15) is 0 Å². The molecular weight excluding hydrogens is 320 g/mol. The van der Waals surface area contributed by atoms with Crippen LogP contribution in [0.2, 0.25) is 0 Å². The first-order valence-electron chi connectivity index (χ1n) is 7.63. The Balaban J connectivity index is 1.99. The Morgan fingerprint density at radius 3 is 2.56 bits per heavy atom. The Hall–Kier alpha value is -3.55. The fraction of sp³-hybridized carbons (Fsp3) is 0.118. The van der Waals surface area contributed by atoms with E-state index in [1.165, 1.54) is 6.33 Å². The summed E-state index contributed by atoms with van der Waals surface area (Å²) in [7, 11) is 0. The lowest BCUT2D eigenvalue weighted by Crippen LogP contribution is -2.06. The molecule has 0 saturated carbocycles. The molecule has 0 saturated heterocycles. The largest absolute Gasteiger partial charge is 0.274 e. The molecule has 4 aromatic rings. The molecule has 124 valence electrons. The number of nitro groups is 1. The third kappa shape index (κ3) is 2.35. The van der Waals surface area contributed by atoms with E-state index < -0.39 is 0 Å². The van der Waals surface area contributed by atoms with E-state index in [1.54, 1.807) is 31.6 Å². The van der Waals surface area contributed by atoms with Gasteiger partial charge in [0, 0.05) is 41.9 Å². The molecule has 1 aromatic carbocycles. The SMILES string of the molecule is Cc1cc(C)c([N+](=O)[O-])cc1-n1ccc2ncc(-c3cncnc3)n21. The van der Waals surface area contributed by atoms with Gasteiger partial charge >= 0.3 is 0 Å². The molecule has 0 N–H and O–H groups in total. The molecule has 3 aromatic heterocycles. The molecule has 4 rings (SSSR count). The first-order chi connectivity index (χ1) is 12.1. The second-order valence-corrected chi connectivity index (χ2v) is 5.78. The molecule has 25 heavy (non-hydrogen) atoms. The monoisotopic (exact) mass is 334 g/mol. The molecule has 3 heterocycles. The minimum Gasteiger partial charge on any atom is -0.258 e. The summed E-state index contributed by atoms with van der Waals surface area (Å²) in [4.78, 5) is 23.5. The summed E-state index contributed by atoms with van der Waals surface area (Å²) >= 11 is 0. The van der Waals surface area contributed by atoms with Gasteiger partial charge in [0.05, 0.1) is 22.5 Å². The van der Waals surface area contributed by atoms with Gasteiger partial charge < -0.3 is 0 Å². The van der Waals surface area contributed by atoms with Crippen molar-refractivity contribution in [3.63, 3.8) is 0 Å². The Morgan fingerprint density at radius 2 is 1.84 bits per heavy atom. The highest BCUT2D eigenvalue weighted by atomic mass is 16.6. The third-order valence-corrected chi connectivity index (χ3v) is 4.16. The van der Waals surface area contributed by atoms with Crippen LogP contribution in [0.25, 0.3) is 22.6 Å². The highest BCUT2D eigenvalue weighted by Gasteiger charge is 2.17. The number of nitrogens with zero attached hydrogens (tertiary/aromatic N) is 6. The van der Waals surface area contributed by atoms with Crippen molar-refractivity contribution in [1.29, 1.82) is 0 Å². The van der Waals surface area contributed by atoms with E-state index >= 15 is 0 Å². The molecule has 0 aliphatic rings. The van der Waals surface area contributed by atoms with Gasteiger partial charge in [0.2, 0.25) is 0 Å². The average molecular weight is 334 g/mol. The van der Waals surface area contributed by atoms with Crippen LogP contribution in [0.3, 0.4) is 0 Å². The normalized spacial score (nSPS) is 11.1. The predicted molar refractivity (Wildman–Crippen MR) is 91.7 cm³/mol. The van der Waals surface area contributed by atoms with Crippen LogP contribution in [-0.4, -0.2) is 29.1 Å². The van der Waals surface area contributed by atoms with Gasteiger partial charge in [-0.3, -0.25) is 14.8 Å². The van der Waals surface area contributed by atoms with Gasteiger partial charge in [0.25, 0.3) is 5.69 Å².